The smallest absolute Gasteiger partial charge is 0.243 e. The molecule has 0 aliphatic heterocycles. The van der Waals surface area contributed by atoms with Crippen molar-refractivity contribution < 1.29 is 19.6 Å². The Morgan fingerprint density at radius 3 is 2.07 bits per heavy atom. The average molecular weight is 218 g/mol. The average Bonchev–Trinajstić information content (AvgIpc) is 2.23. The summed E-state index contributed by atoms with van der Waals surface area (Å²) in [5.74, 6) is -0.502. The van der Waals surface area contributed by atoms with Gasteiger partial charge in [0.1, 0.15) is 0 Å². The minimum atomic E-state index is -0.368. The monoisotopic (exact) mass is 218 g/mol. The van der Waals surface area contributed by atoms with E-state index in [-0.39, 0.29) is 11.8 Å². The second-order valence-electron chi connectivity index (χ2n) is 3.18. The summed E-state index contributed by atoms with van der Waals surface area (Å²) in [5, 5.41) is 8.20. The van der Waals surface area contributed by atoms with Crippen LogP contribution in [0.4, 0.5) is 0 Å². The second kappa shape index (κ2) is 9.42. The molecule has 2 amide bonds. The van der Waals surface area contributed by atoms with Crippen molar-refractivity contribution in [2.24, 2.45) is 0 Å². The van der Waals surface area contributed by atoms with E-state index in [9.17, 15) is 9.59 Å². The first-order valence-electron chi connectivity index (χ1n) is 4.95. The van der Waals surface area contributed by atoms with E-state index in [0.29, 0.717) is 12.8 Å². The third-order valence-corrected chi connectivity index (χ3v) is 1.90. The summed E-state index contributed by atoms with van der Waals surface area (Å²) in [6.07, 6.45) is 4.00. The van der Waals surface area contributed by atoms with Crippen molar-refractivity contribution in [3.63, 3.8) is 0 Å². The van der Waals surface area contributed by atoms with Gasteiger partial charge in [0.2, 0.25) is 11.8 Å². The SMILES string of the molecule is CONC(=O)CCCCCCC(=O)NO. The van der Waals surface area contributed by atoms with Crippen molar-refractivity contribution in [1.29, 1.82) is 0 Å². The van der Waals surface area contributed by atoms with Gasteiger partial charge in [0.15, 0.2) is 0 Å². The molecule has 6 heteroatoms. The van der Waals surface area contributed by atoms with Gasteiger partial charge in [0.05, 0.1) is 7.11 Å². The molecular formula is C9H18N2O4. The molecule has 0 aliphatic rings. The lowest BCUT2D eigenvalue weighted by molar-refractivity contribution is -0.131. The van der Waals surface area contributed by atoms with E-state index in [4.69, 9.17) is 5.21 Å². The van der Waals surface area contributed by atoms with Gasteiger partial charge in [-0.25, -0.2) is 11.0 Å². The van der Waals surface area contributed by atoms with Crippen molar-refractivity contribution >= 4 is 11.8 Å². The number of carbonyl (C=O) groups is 2. The highest BCUT2D eigenvalue weighted by Crippen LogP contribution is 2.05. The van der Waals surface area contributed by atoms with Crippen LogP contribution in [0.3, 0.4) is 0 Å². The molecule has 0 rings (SSSR count). The van der Waals surface area contributed by atoms with E-state index in [0.717, 1.165) is 25.7 Å². The van der Waals surface area contributed by atoms with Gasteiger partial charge in [-0.1, -0.05) is 12.8 Å². The highest BCUT2D eigenvalue weighted by Gasteiger charge is 2.01. The zero-order valence-electron chi connectivity index (χ0n) is 8.91. The maximum atomic E-state index is 10.9. The van der Waals surface area contributed by atoms with Gasteiger partial charge in [-0.2, -0.15) is 0 Å². The Morgan fingerprint density at radius 1 is 1.07 bits per heavy atom. The molecule has 0 unspecified atom stereocenters. The molecule has 15 heavy (non-hydrogen) atoms. The molecule has 0 atom stereocenters. The number of amides is 2. The Balaban J connectivity index is 3.18. The maximum absolute atomic E-state index is 10.9. The van der Waals surface area contributed by atoms with Crippen LogP contribution in [0.5, 0.6) is 0 Å². The zero-order valence-corrected chi connectivity index (χ0v) is 8.91. The third kappa shape index (κ3) is 9.17. The molecule has 0 saturated carbocycles. The molecule has 0 aromatic rings. The predicted molar refractivity (Wildman–Crippen MR) is 52.8 cm³/mol. The molecule has 0 fully saturated rings. The molecule has 0 aromatic heterocycles. The number of nitrogens with one attached hydrogen (secondary N) is 2. The van der Waals surface area contributed by atoms with Gasteiger partial charge in [-0.15, -0.1) is 0 Å². The molecule has 6 nitrogen and oxygen atoms in total. The number of hydroxylamine groups is 2. The number of carbonyl (C=O) groups excluding carboxylic acids is 2. The minimum absolute atomic E-state index is 0.134. The van der Waals surface area contributed by atoms with Crippen LogP contribution in [-0.4, -0.2) is 24.1 Å². The standard InChI is InChI=1S/C9H18N2O4/c1-15-11-9(13)7-5-3-2-4-6-8(12)10-14/h14H,2-7H2,1H3,(H,10,12)(H,11,13). The van der Waals surface area contributed by atoms with E-state index in [1.165, 1.54) is 7.11 Å². The lowest BCUT2D eigenvalue weighted by Gasteiger charge is -2.02. The van der Waals surface area contributed by atoms with Gasteiger partial charge in [-0.05, 0) is 12.8 Å². The number of hydrogen-bond acceptors (Lipinski definition) is 4. The highest BCUT2D eigenvalue weighted by molar-refractivity contribution is 5.74. The summed E-state index contributed by atoms with van der Waals surface area (Å²) in [5.41, 5.74) is 3.80. The summed E-state index contributed by atoms with van der Waals surface area (Å²) in [6, 6.07) is 0. The molecule has 0 radical (unpaired) electrons. The van der Waals surface area contributed by atoms with Crippen molar-refractivity contribution in [3.05, 3.63) is 0 Å². The van der Waals surface area contributed by atoms with Crippen LogP contribution in [0.15, 0.2) is 0 Å². The largest absolute Gasteiger partial charge is 0.289 e. The molecule has 0 spiro atoms. The molecule has 0 heterocycles. The van der Waals surface area contributed by atoms with Crippen molar-refractivity contribution in [1.82, 2.24) is 11.0 Å². The Labute approximate surface area is 88.9 Å². The lowest BCUT2D eigenvalue weighted by Crippen LogP contribution is -2.21. The molecule has 0 aromatic carbocycles. The van der Waals surface area contributed by atoms with E-state index >= 15 is 0 Å². The summed E-state index contributed by atoms with van der Waals surface area (Å²) >= 11 is 0. The van der Waals surface area contributed by atoms with Gasteiger partial charge < -0.3 is 0 Å². The van der Waals surface area contributed by atoms with Gasteiger partial charge in [0, 0.05) is 12.8 Å². The number of rotatable bonds is 8. The van der Waals surface area contributed by atoms with Crippen LogP contribution in [-0.2, 0) is 14.4 Å². The van der Waals surface area contributed by atoms with Crippen molar-refractivity contribution in [3.8, 4) is 0 Å². The van der Waals surface area contributed by atoms with Gasteiger partial charge in [-0.3, -0.25) is 19.6 Å². The maximum Gasteiger partial charge on any atom is 0.243 e. The first-order chi connectivity index (χ1) is 7.20. The van der Waals surface area contributed by atoms with Crippen LogP contribution in [0.25, 0.3) is 0 Å². The topological polar surface area (TPSA) is 87.7 Å². The van der Waals surface area contributed by atoms with Crippen LogP contribution in [0.1, 0.15) is 38.5 Å². The van der Waals surface area contributed by atoms with E-state index in [2.05, 4.69) is 10.3 Å². The van der Waals surface area contributed by atoms with Crippen molar-refractivity contribution in [2.75, 3.05) is 7.11 Å². The van der Waals surface area contributed by atoms with Crippen molar-refractivity contribution in [2.45, 2.75) is 38.5 Å². The molecule has 0 aliphatic carbocycles. The van der Waals surface area contributed by atoms with Crippen LogP contribution in [0.2, 0.25) is 0 Å². The van der Waals surface area contributed by atoms with E-state index in [1.54, 1.807) is 5.48 Å². The van der Waals surface area contributed by atoms with E-state index in [1.807, 2.05) is 0 Å². The summed E-state index contributed by atoms with van der Waals surface area (Å²) < 4.78 is 0. The van der Waals surface area contributed by atoms with Gasteiger partial charge >= 0.3 is 0 Å². The molecule has 0 bridgehead atoms. The lowest BCUT2D eigenvalue weighted by atomic mass is 10.1. The third-order valence-electron chi connectivity index (χ3n) is 1.90. The van der Waals surface area contributed by atoms with Crippen LogP contribution in [0, 0.1) is 0 Å². The normalized spacial score (nSPS) is 9.73. The fourth-order valence-corrected chi connectivity index (χ4v) is 1.15. The van der Waals surface area contributed by atoms with Crippen LogP contribution < -0.4 is 11.0 Å². The molecule has 3 N–H and O–H groups in total. The molecule has 88 valence electrons. The molecular weight excluding hydrogens is 200 g/mol. The highest BCUT2D eigenvalue weighted by atomic mass is 16.6. The quantitative estimate of drug-likeness (QED) is 0.314. The fourth-order valence-electron chi connectivity index (χ4n) is 1.15. The Bertz CT molecular complexity index is 197. The Hall–Kier alpha value is -1.14. The van der Waals surface area contributed by atoms with Gasteiger partial charge in [0.25, 0.3) is 0 Å². The zero-order chi connectivity index (χ0) is 11.5. The summed E-state index contributed by atoms with van der Waals surface area (Å²) in [6.45, 7) is 0. The predicted octanol–water partition coefficient (Wildman–Crippen LogP) is 0.510. The summed E-state index contributed by atoms with van der Waals surface area (Å²) in [7, 11) is 1.39. The minimum Gasteiger partial charge on any atom is -0.289 e. The van der Waals surface area contributed by atoms with Crippen LogP contribution >= 0.6 is 0 Å². The summed E-state index contributed by atoms with van der Waals surface area (Å²) in [4.78, 5) is 25.9. The second-order valence-corrected chi connectivity index (χ2v) is 3.18. The first kappa shape index (κ1) is 13.9. The number of hydrogen-bond donors (Lipinski definition) is 3. The van der Waals surface area contributed by atoms with E-state index < -0.39 is 0 Å². The Morgan fingerprint density at radius 2 is 1.60 bits per heavy atom. The molecule has 0 saturated heterocycles. The fraction of sp³-hybridized carbons (Fsp3) is 0.778. The first-order valence-corrected chi connectivity index (χ1v) is 4.95. The number of unbranched alkanes of at least 4 members (excludes halogenated alkanes) is 3. The Kier molecular flexibility index (Phi) is 8.70.